The molecule has 0 heterocycles. The monoisotopic (exact) mass is 242 g/mol. The van der Waals surface area contributed by atoms with E-state index >= 15 is 0 Å². The van der Waals surface area contributed by atoms with Gasteiger partial charge in [0.25, 0.3) is 0 Å². The summed E-state index contributed by atoms with van der Waals surface area (Å²) in [7, 11) is 0. The van der Waals surface area contributed by atoms with Crippen molar-refractivity contribution in [1.29, 1.82) is 0 Å². The molecule has 0 saturated heterocycles. The van der Waals surface area contributed by atoms with E-state index in [2.05, 4.69) is 10.6 Å². The van der Waals surface area contributed by atoms with Gasteiger partial charge in [0, 0.05) is 5.69 Å². The van der Waals surface area contributed by atoms with Crippen LogP contribution in [0.2, 0.25) is 0 Å². The van der Waals surface area contributed by atoms with Crippen molar-refractivity contribution >= 4 is 17.7 Å². The predicted octanol–water partition coefficient (Wildman–Crippen LogP) is 0.393. The Labute approximate surface area is 96.1 Å². The standard InChI is InChI=1S/C10H11FN2O4/c11-6-2-1-3-7(4-6)13-10(17)12-5-8(14)9(15)16/h1-4,8,14H,5H2,(H,15,16)(H2,12,13,17). The highest BCUT2D eigenvalue weighted by molar-refractivity contribution is 5.89. The Morgan fingerprint density at radius 1 is 1.41 bits per heavy atom. The number of rotatable bonds is 4. The fourth-order valence-electron chi connectivity index (χ4n) is 1.02. The van der Waals surface area contributed by atoms with Crippen molar-refractivity contribution in [2.45, 2.75) is 6.10 Å². The van der Waals surface area contributed by atoms with E-state index < -0.39 is 30.5 Å². The number of hydrogen-bond acceptors (Lipinski definition) is 3. The molecule has 92 valence electrons. The number of amides is 2. The maximum Gasteiger partial charge on any atom is 0.334 e. The molecular weight excluding hydrogens is 231 g/mol. The Balaban J connectivity index is 2.42. The number of carboxylic acids is 1. The molecule has 0 bridgehead atoms. The Morgan fingerprint density at radius 3 is 2.71 bits per heavy atom. The molecule has 4 N–H and O–H groups in total. The summed E-state index contributed by atoms with van der Waals surface area (Å²) in [5, 5.41) is 21.6. The zero-order valence-corrected chi connectivity index (χ0v) is 8.68. The third kappa shape index (κ3) is 4.47. The number of halogens is 1. The average Bonchev–Trinajstić information content (AvgIpc) is 2.25. The number of carbonyl (C=O) groups is 2. The van der Waals surface area contributed by atoms with Crippen LogP contribution in [0.1, 0.15) is 0 Å². The largest absolute Gasteiger partial charge is 0.479 e. The molecule has 0 spiro atoms. The van der Waals surface area contributed by atoms with Gasteiger partial charge in [-0.3, -0.25) is 0 Å². The minimum Gasteiger partial charge on any atom is -0.479 e. The normalized spacial score (nSPS) is 11.6. The molecule has 1 unspecified atom stereocenters. The Bertz CT molecular complexity index is 425. The smallest absolute Gasteiger partial charge is 0.334 e. The number of urea groups is 1. The molecule has 2 amide bonds. The average molecular weight is 242 g/mol. The lowest BCUT2D eigenvalue weighted by atomic mass is 10.3. The van der Waals surface area contributed by atoms with Gasteiger partial charge in [0.15, 0.2) is 6.10 Å². The van der Waals surface area contributed by atoms with Crippen LogP contribution in [-0.2, 0) is 4.79 Å². The first kappa shape index (κ1) is 12.9. The van der Waals surface area contributed by atoms with Gasteiger partial charge in [-0.15, -0.1) is 0 Å². The summed E-state index contributed by atoms with van der Waals surface area (Å²) in [6.45, 7) is -0.434. The highest BCUT2D eigenvalue weighted by Crippen LogP contribution is 2.08. The summed E-state index contributed by atoms with van der Waals surface area (Å²) in [5.41, 5.74) is 0.229. The van der Waals surface area contributed by atoms with E-state index in [-0.39, 0.29) is 5.69 Å². The minimum absolute atomic E-state index is 0.229. The van der Waals surface area contributed by atoms with Crippen molar-refractivity contribution in [3.8, 4) is 0 Å². The van der Waals surface area contributed by atoms with Crippen LogP contribution in [0.5, 0.6) is 0 Å². The predicted molar refractivity (Wildman–Crippen MR) is 57.1 cm³/mol. The summed E-state index contributed by atoms with van der Waals surface area (Å²) in [4.78, 5) is 21.4. The molecule has 7 heteroatoms. The molecule has 1 aromatic rings. The number of benzene rings is 1. The quantitative estimate of drug-likeness (QED) is 0.614. The molecule has 17 heavy (non-hydrogen) atoms. The molecule has 0 radical (unpaired) electrons. The number of aliphatic hydroxyl groups is 1. The van der Waals surface area contributed by atoms with E-state index in [1.165, 1.54) is 18.2 Å². The summed E-state index contributed by atoms with van der Waals surface area (Å²) in [6.07, 6.45) is -1.67. The van der Waals surface area contributed by atoms with Gasteiger partial charge in [0.05, 0.1) is 6.54 Å². The third-order valence-electron chi connectivity index (χ3n) is 1.82. The van der Waals surface area contributed by atoms with Crippen molar-refractivity contribution in [3.63, 3.8) is 0 Å². The molecule has 0 aliphatic carbocycles. The van der Waals surface area contributed by atoms with Crippen molar-refractivity contribution in [3.05, 3.63) is 30.1 Å². The van der Waals surface area contributed by atoms with Gasteiger partial charge in [0.2, 0.25) is 0 Å². The fourth-order valence-corrected chi connectivity index (χ4v) is 1.02. The van der Waals surface area contributed by atoms with Crippen LogP contribution in [0.15, 0.2) is 24.3 Å². The molecule has 0 aliphatic rings. The lowest BCUT2D eigenvalue weighted by Gasteiger charge is -2.09. The molecule has 1 aromatic carbocycles. The number of nitrogens with one attached hydrogen (secondary N) is 2. The first-order valence-corrected chi connectivity index (χ1v) is 4.70. The van der Waals surface area contributed by atoms with Crippen molar-refractivity contribution in [2.24, 2.45) is 0 Å². The van der Waals surface area contributed by atoms with Gasteiger partial charge in [-0.25, -0.2) is 14.0 Å². The van der Waals surface area contributed by atoms with E-state index in [1.807, 2.05) is 0 Å². The van der Waals surface area contributed by atoms with Crippen molar-refractivity contribution in [2.75, 3.05) is 11.9 Å². The highest BCUT2D eigenvalue weighted by atomic mass is 19.1. The molecule has 0 fully saturated rings. The van der Waals surface area contributed by atoms with Crippen LogP contribution < -0.4 is 10.6 Å². The molecule has 6 nitrogen and oxygen atoms in total. The summed E-state index contributed by atoms with van der Waals surface area (Å²) >= 11 is 0. The molecule has 0 saturated carbocycles. The van der Waals surface area contributed by atoms with Gasteiger partial charge in [0.1, 0.15) is 5.82 Å². The van der Waals surface area contributed by atoms with Crippen molar-refractivity contribution in [1.82, 2.24) is 5.32 Å². The van der Waals surface area contributed by atoms with Crippen LogP contribution in [0, 0.1) is 5.82 Å². The Morgan fingerprint density at radius 2 is 2.12 bits per heavy atom. The SMILES string of the molecule is O=C(NCC(O)C(=O)O)Nc1cccc(F)c1. The van der Waals surface area contributed by atoms with Crippen molar-refractivity contribution < 1.29 is 24.2 Å². The molecule has 1 atom stereocenters. The minimum atomic E-state index is -1.67. The van der Waals surface area contributed by atoms with Crippen LogP contribution in [-0.4, -0.2) is 34.9 Å². The van der Waals surface area contributed by atoms with Gasteiger partial charge < -0.3 is 20.8 Å². The highest BCUT2D eigenvalue weighted by Gasteiger charge is 2.13. The first-order chi connectivity index (χ1) is 7.99. The summed E-state index contributed by atoms with van der Waals surface area (Å²) in [6, 6.07) is 4.48. The maximum absolute atomic E-state index is 12.7. The zero-order valence-electron chi connectivity index (χ0n) is 8.68. The van der Waals surface area contributed by atoms with Crippen LogP contribution >= 0.6 is 0 Å². The van der Waals surface area contributed by atoms with Crippen LogP contribution in [0.4, 0.5) is 14.9 Å². The van der Waals surface area contributed by atoms with E-state index in [0.29, 0.717) is 0 Å². The number of aliphatic carboxylic acids is 1. The van der Waals surface area contributed by atoms with Gasteiger partial charge in [-0.1, -0.05) is 6.07 Å². The molecule has 1 rings (SSSR count). The maximum atomic E-state index is 12.7. The van der Waals surface area contributed by atoms with E-state index in [9.17, 15) is 14.0 Å². The first-order valence-electron chi connectivity index (χ1n) is 4.70. The second-order valence-electron chi connectivity index (χ2n) is 3.20. The fraction of sp³-hybridized carbons (Fsp3) is 0.200. The van der Waals surface area contributed by atoms with Gasteiger partial charge in [-0.2, -0.15) is 0 Å². The summed E-state index contributed by atoms with van der Waals surface area (Å²) in [5.74, 6) is -1.94. The molecule has 0 aromatic heterocycles. The number of carbonyl (C=O) groups excluding carboxylic acids is 1. The summed E-state index contributed by atoms with van der Waals surface area (Å²) < 4.78 is 12.7. The third-order valence-corrected chi connectivity index (χ3v) is 1.82. The molecular formula is C10H11FN2O4. The zero-order chi connectivity index (χ0) is 12.8. The van der Waals surface area contributed by atoms with E-state index in [4.69, 9.17) is 10.2 Å². The Hall–Kier alpha value is -2.15. The number of aliphatic hydroxyl groups excluding tert-OH is 1. The second kappa shape index (κ2) is 5.80. The Kier molecular flexibility index (Phi) is 4.41. The number of carboxylic acid groups (broad SMARTS) is 1. The van der Waals surface area contributed by atoms with Crippen LogP contribution in [0.25, 0.3) is 0 Å². The van der Waals surface area contributed by atoms with Gasteiger partial charge in [-0.05, 0) is 18.2 Å². The lowest BCUT2D eigenvalue weighted by molar-refractivity contribution is -0.146. The van der Waals surface area contributed by atoms with E-state index in [1.54, 1.807) is 0 Å². The topological polar surface area (TPSA) is 98.7 Å². The molecule has 0 aliphatic heterocycles. The number of hydrogen-bond donors (Lipinski definition) is 4. The lowest BCUT2D eigenvalue weighted by Crippen LogP contribution is -2.38. The second-order valence-corrected chi connectivity index (χ2v) is 3.20. The van der Waals surface area contributed by atoms with Crippen LogP contribution in [0.3, 0.4) is 0 Å². The number of anilines is 1. The van der Waals surface area contributed by atoms with E-state index in [0.717, 1.165) is 6.07 Å². The van der Waals surface area contributed by atoms with Gasteiger partial charge >= 0.3 is 12.0 Å².